The van der Waals surface area contributed by atoms with Gasteiger partial charge < -0.3 is 10.1 Å². The lowest BCUT2D eigenvalue weighted by atomic mass is 10.0. The summed E-state index contributed by atoms with van der Waals surface area (Å²) >= 11 is 0. The Balaban J connectivity index is 1.80. The summed E-state index contributed by atoms with van der Waals surface area (Å²) < 4.78 is 18.6. The monoisotopic (exact) mass is 361 g/mol. The molecule has 1 fully saturated rings. The smallest absolute Gasteiger partial charge is 0.298 e. The van der Waals surface area contributed by atoms with Gasteiger partial charge in [-0.3, -0.25) is 19.3 Å². The maximum absolute atomic E-state index is 12.9. The number of ether oxygens (including phenoxy) is 1. The number of nitrogens with zero attached hydrogens (tertiary/aromatic N) is 2. The molecule has 7 nitrogen and oxygen atoms in total. The molecular formula is C18H20FN3O4. The molecule has 1 aromatic rings. The first-order valence-electron chi connectivity index (χ1n) is 8.40. The van der Waals surface area contributed by atoms with Crippen LogP contribution in [0.5, 0.6) is 0 Å². The van der Waals surface area contributed by atoms with Gasteiger partial charge in [-0.25, -0.2) is 9.38 Å². The first-order chi connectivity index (χ1) is 12.3. The van der Waals surface area contributed by atoms with E-state index in [4.69, 9.17) is 4.74 Å². The van der Waals surface area contributed by atoms with Crippen molar-refractivity contribution in [1.82, 2.24) is 10.2 Å². The van der Waals surface area contributed by atoms with Gasteiger partial charge in [-0.05, 0) is 38.0 Å². The minimum absolute atomic E-state index is 0.103. The Hall–Kier alpha value is -2.61. The van der Waals surface area contributed by atoms with Crippen LogP contribution in [0.3, 0.4) is 0 Å². The number of benzene rings is 1. The third kappa shape index (κ3) is 3.50. The molecule has 1 saturated heterocycles. The van der Waals surface area contributed by atoms with Crippen LogP contribution in [0, 0.1) is 5.82 Å². The van der Waals surface area contributed by atoms with Crippen molar-refractivity contribution >= 4 is 23.4 Å². The topological polar surface area (TPSA) is 88.1 Å². The van der Waals surface area contributed by atoms with Crippen molar-refractivity contribution in [2.24, 2.45) is 4.99 Å². The normalized spacial score (nSPS) is 22.3. The Kier molecular flexibility index (Phi) is 4.86. The van der Waals surface area contributed by atoms with Crippen molar-refractivity contribution < 1.29 is 23.5 Å². The standard InChI is InChI=1S/C18H20FN3O4/c1-18(2)17-21-13(14(23)16(25)22(17)8-3-9-26-18)15(24)20-10-11-4-6-12(19)7-5-11/h4-7,13H,3,8-10H2,1-2H3,(H,20,24). The van der Waals surface area contributed by atoms with Crippen LogP contribution in [0.15, 0.2) is 29.3 Å². The minimum Gasteiger partial charge on any atom is -0.368 e. The Morgan fingerprint density at radius 3 is 2.73 bits per heavy atom. The number of carbonyl (C=O) groups excluding carboxylic acids is 3. The van der Waals surface area contributed by atoms with Crippen LogP contribution < -0.4 is 5.32 Å². The SMILES string of the molecule is CC1(C)OCCCN2C(=O)C(=O)C(C(=O)NCc3ccc(F)cc3)N=C21. The average molecular weight is 361 g/mol. The number of aliphatic imine (C=N–C) groups is 1. The fourth-order valence-corrected chi connectivity index (χ4v) is 2.97. The molecule has 3 rings (SSSR count). The highest BCUT2D eigenvalue weighted by Crippen LogP contribution is 2.24. The molecule has 0 spiro atoms. The molecule has 138 valence electrons. The molecule has 0 aliphatic carbocycles. The number of nitrogens with one attached hydrogen (secondary N) is 1. The Morgan fingerprint density at radius 1 is 1.35 bits per heavy atom. The van der Waals surface area contributed by atoms with Crippen LogP contribution in [0.1, 0.15) is 25.8 Å². The second-order valence-electron chi connectivity index (χ2n) is 6.73. The molecule has 2 aliphatic rings. The van der Waals surface area contributed by atoms with Crippen molar-refractivity contribution in [1.29, 1.82) is 0 Å². The molecule has 0 bridgehead atoms. The molecule has 1 atom stereocenters. The zero-order valence-corrected chi connectivity index (χ0v) is 14.6. The summed E-state index contributed by atoms with van der Waals surface area (Å²) in [7, 11) is 0. The van der Waals surface area contributed by atoms with Crippen LogP contribution in [0.4, 0.5) is 4.39 Å². The van der Waals surface area contributed by atoms with Gasteiger partial charge in [0.1, 0.15) is 17.3 Å². The molecule has 2 aliphatic heterocycles. The fourth-order valence-electron chi connectivity index (χ4n) is 2.97. The van der Waals surface area contributed by atoms with Gasteiger partial charge in [0.2, 0.25) is 0 Å². The van der Waals surface area contributed by atoms with E-state index in [0.717, 1.165) is 0 Å². The molecule has 1 unspecified atom stereocenters. The number of Topliss-reactive ketones (excluding diaryl/α,β-unsaturated/α-hetero) is 1. The van der Waals surface area contributed by atoms with Gasteiger partial charge in [0.25, 0.3) is 17.6 Å². The maximum atomic E-state index is 12.9. The number of amides is 2. The first kappa shape index (κ1) is 18.2. The van der Waals surface area contributed by atoms with E-state index in [1.165, 1.54) is 29.2 Å². The minimum atomic E-state index is -1.44. The number of amidine groups is 1. The van der Waals surface area contributed by atoms with E-state index in [1.54, 1.807) is 13.8 Å². The number of hydrogen-bond donors (Lipinski definition) is 1. The lowest BCUT2D eigenvalue weighted by Gasteiger charge is -2.34. The van der Waals surface area contributed by atoms with E-state index in [9.17, 15) is 18.8 Å². The Bertz CT molecular complexity index is 773. The van der Waals surface area contributed by atoms with Crippen molar-refractivity contribution in [3.8, 4) is 0 Å². The Morgan fingerprint density at radius 2 is 2.04 bits per heavy atom. The molecule has 0 aromatic heterocycles. The summed E-state index contributed by atoms with van der Waals surface area (Å²) in [6.45, 7) is 4.37. The summed E-state index contributed by atoms with van der Waals surface area (Å²) in [6.07, 6.45) is 0.586. The lowest BCUT2D eigenvalue weighted by Crippen LogP contribution is -2.58. The number of fused-ring (bicyclic) bond motifs is 1. The van der Waals surface area contributed by atoms with Gasteiger partial charge in [-0.15, -0.1) is 0 Å². The highest BCUT2D eigenvalue weighted by Gasteiger charge is 2.46. The van der Waals surface area contributed by atoms with Gasteiger partial charge in [-0.2, -0.15) is 0 Å². The zero-order chi connectivity index (χ0) is 18.9. The largest absolute Gasteiger partial charge is 0.368 e. The van der Waals surface area contributed by atoms with Crippen molar-refractivity contribution in [3.63, 3.8) is 0 Å². The second-order valence-corrected chi connectivity index (χ2v) is 6.73. The summed E-state index contributed by atoms with van der Waals surface area (Å²) in [5, 5.41) is 2.58. The number of hydrogen-bond acceptors (Lipinski definition) is 5. The molecular weight excluding hydrogens is 341 g/mol. The van der Waals surface area contributed by atoms with Gasteiger partial charge in [-0.1, -0.05) is 12.1 Å². The Labute approximate surface area is 150 Å². The van der Waals surface area contributed by atoms with Crippen LogP contribution in [-0.4, -0.2) is 53.1 Å². The van der Waals surface area contributed by atoms with E-state index < -0.39 is 29.2 Å². The van der Waals surface area contributed by atoms with Crippen molar-refractivity contribution in [2.45, 2.75) is 38.5 Å². The predicted molar refractivity (Wildman–Crippen MR) is 90.8 cm³/mol. The quantitative estimate of drug-likeness (QED) is 0.638. The number of ketones is 1. The molecule has 26 heavy (non-hydrogen) atoms. The van der Waals surface area contributed by atoms with E-state index in [-0.39, 0.29) is 12.4 Å². The summed E-state index contributed by atoms with van der Waals surface area (Å²) in [4.78, 5) is 42.8. The fraction of sp³-hybridized carbons (Fsp3) is 0.444. The zero-order valence-electron chi connectivity index (χ0n) is 14.6. The van der Waals surface area contributed by atoms with E-state index in [0.29, 0.717) is 31.0 Å². The third-order valence-electron chi connectivity index (χ3n) is 4.37. The second kappa shape index (κ2) is 6.95. The highest BCUT2D eigenvalue weighted by molar-refractivity contribution is 6.46. The molecule has 0 saturated carbocycles. The summed E-state index contributed by atoms with van der Waals surface area (Å²) in [5.74, 6) is -2.35. The molecule has 1 aromatic carbocycles. The summed E-state index contributed by atoms with van der Waals surface area (Å²) in [5.41, 5.74) is -0.204. The summed E-state index contributed by atoms with van der Waals surface area (Å²) in [6, 6.07) is 4.18. The molecule has 2 amide bonds. The van der Waals surface area contributed by atoms with E-state index in [1.807, 2.05) is 0 Å². The van der Waals surface area contributed by atoms with Crippen LogP contribution in [0.25, 0.3) is 0 Å². The predicted octanol–water partition coefficient (Wildman–Crippen LogP) is 0.819. The van der Waals surface area contributed by atoms with Crippen LogP contribution in [-0.2, 0) is 25.7 Å². The number of rotatable bonds is 3. The van der Waals surface area contributed by atoms with Gasteiger partial charge in [0.05, 0.1) is 0 Å². The lowest BCUT2D eigenvalue weighted by molar-refractivity contribution is -0.146. The van der Waals surface area contributed by atoms with Crippen LogP contribution >= 0.6 is 0 Å². The maximum Gasteiger partial charge on any atom is 0.298 e. The third-order valence-corrected chi connectivity index (χ3v) is 4.37. The average Bonchev–Trinajstić information content (AvgIpc) is 2.75. The van der Waals surface area contributed by atoms with Gasteiger partial charge in [0.15, 0.2) is 6.04 Å². The number of carbonyl (C=O) groups is 3. The molecule has 1 N–H and O–H groups in total. The molecule has 8 heteroatoms. The van der Waals surface area contributed by atoms with E-state index >= 15 is 0 Å². The highest BCUT2D eigenvalue weighted by atomic mass is 19.1. The van der Waals surface area contributed by atoms with Gasteiger partial charge >= 0.3 is 0 Å². The first-order valence-corrected chi connectivity index (χ1v) is 8.40. The van der Waals surface area contributed by atoms with E-state index in [2.05, 4.69) is 10.3 Å². The van der Waals surface area contributed by atoms with Crippen LogP contribution in [0.2, 0.25) is 0 Å². The van der Waals surface area contributed by atoms with Crippen molar-refractivity contribution in [3.05, 3.63) is 35.6 Å². The van der Waals surface area contributed by atoms with Gasteiger partial charge in [0, 0.05) is 19.7 Å². The molecule has 0 radical (unpaired) electrons. The molecule has 2 heterocycles. The number of halogens is 1. The van der Waals surface area contributed by atoms with Crippen molar-refractivity contribution in [2.75, 3.05) is 13.2 Å².